The second kappa shape index (κ2) is 12.9. The van der Waals surface area contributed by atoms with E-state index in [9.17, 15) is 0 Å². The van der Waals surface area contributed by atoms with E-state index in [2.05, 4.69) is 199 Å². The first-order chi connectivity index (χ1) is 27.3. The number of furan rings is 1. The van der Waals surface area contributed by atoms with Crippen molar-refractivity contribution in [1.82, 2.24) is 0 Å². The van der Waals surface area contributed by atoms with Gasteiger partial charge in [-0.1, -0.05) is 158 Å². The molecule has 0 saturated carbocycles. The van der Waals surface area contributed by atoms with Gasteiger partial charge in [0.05, 0.1) is 16.1 Å². The Hall–Kier alpha value is -6.94. The average molecular weight is 720 g/mol. The summed E-state index contributed by atoms with van der Waals surface area (Å²) >= 11 is 1.85. The van der Waals surface area contributed by atoms with Crippen LogP contribution >= 0.6 is 11.3 Å². The van der Waals surface area contributed by atoms with E-state index in [1.54, 1.807) is 0 Å². The highest BCUT2D eigenvalue weighted by atomic mass is 32.1. The summed E-state index contributed by atoms with van der Waals surface area (Å²) in [4.78, 5) is 2.40. The lowest BCUT2D eigenvalue weighted by molar-refractivity contribution is 0.669. The zero-order chi connectivity index (χ0) is 36.3. The van der Waals surface area contributed by atoms with Crippen molar-refractivity contribution in [1.29, 1.82) is 0 Å². The number of hydrogen-bond donors (Lipinski definition) is 0. The highest BCUT2D eigenvalue weighted by Crippen LogP contribution is 2.50. The van der Waals surface area contributed by atoms with Gasteiger partial charge in [0.15, 0.2) is 5.58 Å². The van der Waals surface area contributed by atoms with Gasteiger partial charge in [0, 0.05) is 31.9 Å². The quantitative estimate of drug-likeness (QED) is 0.170. The molecule has 0 aliphatic carbocycles. The first-order valence-corrected chi connectivity index (χ1v) is 19.5. The van der Waals surface area contributed by atoms with Crippen LogP contribution in [0.2, 0.25) is 0 Å². The van der Waals surface area contributed by atoms with Crippen LogP contribution < -0.4 is 4.90 Å². The highest BCUT2D eigenvalue weighted by Gasteiger charge is 2.24. The van der Waals surface area contributed by atoms with Gasteiger partial charge in [-0.05, 0) is 86.6 Å². The standard InChI is InChI=1S/C52H33NOS/c1-2-11-34(12-3-1)36-21-24-38(25-22-36)42-31-32-47(52-50(42)45-16-7-9-20-49(45)55-52)53(46-18-10-17-44-43-15-6-8-19-48(43)54-51(44)46)41-29-27-37(28-30-41)40-26-23-35-13-4-5-14-39(35)33-40/h1-33H. The lowest BCUT2D eigenvalue weighted by Crippen LogP contribution is -2.10. The predicted molar refractivity (Wildman–Crippen MR) is 235 cm³/mol. The van der Waals surface area contributed by atoms with E-state index in [0.29, 0.717) is 0 Å². The lowest BCUT2D eigenvalue weighted by Gasteiger charge is -2.27. The number of para-hydroxylation sites is 2. The van der Waals surface area contributed by atoms with Gasteiger partial charge < -0.3 is 9.32 Å². The molecule has 0 atom stereocenters. The number of anilines is 3. The van der Waals surface area contributed by atoms with Crippen LogP contribution in [-0.2, 0) is 0 Å². The van der Waals surface area contributed by atoms with Gasteiger partial charge in [0.25, 0.3) is 0 Å². The van der Waals surface area contributed by atoms with Crippen LogP contribution in [0.15, 0.2) is 205 Å². The number of benzene rings is 9. The Balaban J connectivity index is 1.12. The monoisotopic (exact) mass is 719 g/mol. The normalized spacial score (nSPS) is 11.6. The van der Waals surface area contributed by atoms with Crippen molar-refractivity contribution in [2.24, 2.45) is 0 Å². The Labute approximate surface area is 322 Å². The second-order valence-corrected chi connectivity index (χ2v) is 15.1. The first-order valence-electron chi connectivity index (χ1n) is 18.7. The molecule has 9 aromatic carbocycles. The van der Waals surface area contributed by atoms with E-state index in [-0.39, 0.29) is 0 Å². The van der Waals surface area contributed by atoms with E-state index in [1.807, 2.05) is 17.4 Å². The summed E-state index contributed by atoms with van der Waals surface area (Å²) in [6, 6.07) is 72.1. The largest absolute Gasteiger partial charge is 0.454 e. The van der Waals surface area contributed by atoms with E-state index in [4.69, 9.17) is 4.42 Å². The molecule has 0 amide bonds. The molecular formula is C52H33NOS. The molecule has 0 N–H and O–H groups in total. The zero-order valence-electron chi connectivity index (χ0n) is 29.8. The summed E-state index contributed by atoms with van der Waals surface area (Å²) in [7, 11) is 0. The third-order valence-electron chi connectivity index (χ3n) is 10.9. The van der Waals surface area contributed by atoms with E-state index in [1.165, 1.54) is 64.3 Å². The molecule has 3 heteroatoms. The van der Waals surface area contributed by atoms with Crippen LogP contribution in [0.25, 0.3) is 86.3 Å². The smallest absolute Gasteiger partial charge is 0.159 e. The Kier molecular flexibility index (Phi) is 7.39. The minimum atomic E-state index is 0.872. The van der Waals surface area contributed by atoms with Gasteiger partial charge >= 0.3 is 0 Å². The summed E-state index contributed by atoms with van der Waals surface area (Å²) in [5.74, 6) is 0. The van der Waals surface area contributed by atoms with Crippen molar-refractivity contribution in [2.75, 3.05) is 4.90 Å². The van der Waals surface area contributed by atoms with Gasteiger partial charge in [-0.2, -0.15) is 0 Å². The zero-order valence-corrected chi connectivity index (χ0v) is 30.6. The Morgan fingerprint density at radius 1 is 0.400 bits per heavy atom. The SMILES string of the molecule is c1ccc(-c2ccc(-c3ccc(N(c4ccc(-c5ccc6ccccc6c5)cc4)c4cccc5c4oc4ccccc45)c4sc5ccccc5c34)cc2)cc1. The fourth-order valence-electron chi connectivity index (χ4n) is 8.19. The van der Waals surface area contributed by atoms with Crippen molar-refractivity contribution in [3.05, 3.63) is 200 Å². The number of nitrogens with zero attached hydrogens (tertiary/aromatic N) is 1. The van der Waals surface area contributed by atoms with Gasteiger partial charge in [0.1, 0.15) is 5.58 Å². The average Bonchev–Trinajstić information content (AvgIpc) is 3.84. The van der Waals surface area contributed by atoms with Crippen LogP contribution in [0, 0.1) is 0 Å². The minimum Gasteiger partial charge on any atom is -0.454 e. The molecule has 258 valence electrons. The summed E-state index contributed by atoms with van der Waals surface area (Å²) in [5.41, 5.74) is 12.2. The third kappa shape index (κ3) is 5.32. The fourth-order valence-corrected chi connectivity index (χ4v) is 9.42. The van der Waals surface area contributed by atoms with E-state index < -0.39 is 0 Å². The molecule has 0 bridgehead atoms. The molecule has 0 unspecified atom stereocenters. The van der Waals surface area contributed by atoms with Gasteiger partial charge in [-0.25, -0.2) is 0 Å². The number of thiophene rings is 1. The van der Waals surface area contributed by atoms with Crippen LogP contribution in [-0.4, -0.2) is 0 Å². The van der Waals surface area contributed by atoms with Gasteiger partial charge in [-0.3, -0.25) is 0 Å². The second-order valence-electron chi connectivity index (χ2n) is 14.1. The molecule has 0 aliphatic heterocycles. The molecule has 0 aliphatic rings. The molecule has 2 heterocycles. The van der Waals surface area contributed by atoms with E-state index >= 15 is 0 Å². The Bertz CT molecular complexity index is 3190. The Morgan fingerprint density at radius 3 is 1.89 bits per heavy atom. The summed E-state index contributed by atoms with van der Waals surface area (Å²) in [5, 5.41) is 7.24. The molecule has 0 saturated heterocycles. The lowest BCUT2D eigenvalue weighted by atomic mass is 9.96. The molecule has 2 aromatic heterocycles. The van der Waals surface area contributed by atoms with Crippen molar-refractivity contribution in [3.8, 4) is 33.4 Å². The van der Waals surface area contributed by atoms with Crippen molar-refractivity contribution in [2.45, 2.75) is 0 Å². The molecule has 0 spiro atoms. The summed E-state index contributed by atoms with van der Waals surface area (Å²) < 4.78 is 9.21. The summed E-state index contributed by atoms with van der Waals surface area (Å²) in [6.07, 6.45) is 0. The molecular weight excluding hydrogens is 687 g/mol. The van der Waals surface area contributed by atoms with Crippen molar-refractivity contribution >= 4 is 81.3 Å². The maximum absolute atomic E-state index is 6.71. The molecule has 11 rings (SSSR count). The van der Waals surface area contributed by atoms with Gasteiger partial charge in [-0.15, -0.1) is 11.3 Å². The minimum absolute atomic E-state index is 0.872. The molecule has 11 aromatic rings. The maximum atomic E-state index is 6.71. The molecule has 55 heavy (non-hydrogen) atoms. The van der Waals surface area contributed by atoms with Crippen LogP contribution in [0.5, 0.6) is 0 Å². The van der Waals surface area contributed by atoms with Crippen LogP contribution in [0.3, 0.4) is 0 Å². The number of hydrogen-bond acceptors (Lipinski definition) is 3. The van der Waals surface area contributed by atoms with Crippen LogP contribution in [0.1, 0.15) is 0 Å². The Morgan fingerprint density at radius 2 is 1.04 bits per heavy atom. The highest BCUT2D eigenvalue weighted by molar-refractivity contribution is 7.26. The van der Waals surface area contributed by atoms with Crippen molar-refractivity contribution in [3.63, 3.8) is 0 Å². The van der Waals surface area contributed by atoms with Crippen LogP contribution in [0.4, 0.5) is 17.1 Å². The topological polar surface area (TPSA) is 16.4 Å². The number of rotatable bonds is 6. The maximum Gasteiger partial charge on any atom is 0.159 e. The predicted octanol–water partition coefficient (Wildman–Crippen LogP) is 15.6. The molecule has 0 fully saturated rings. The van der Waals surface area contributed by atoms with E-state index in [0.717, 1.165) is 39.0 Å². The van der Waals surface area contributed by atoms with Crippen molar-refractivity contribution < 1.29 is 4.42 Å². The third-order valence-corrected chi connectivity index (χ3v) is 12.1. The van der Waals surface area contributed by atoms with Gasteiger partial charge in [0.2, 0.25) is 0 Å². The number of fused-ring (bicyclic) bond motifs is 7. The summed E-state index contributed by atoms with van der Waals surface area (Å²) in [6.45, 7) is 0. The first kappa shape index (κ1) is 31.6. The fraction of sp³-hybridized carbons (Fsp3) is 0. The molecule has 0 radical (unpaired) electrons. The molecule has 2 nitrogen and oxygen atoms in total.